The normalized spacial score (nSPS) is 9.43. The number of carbonyl (C=O) groups excluding carboxylic acids is 2. The number of nitrogens with one attached hydrogen (secondary N) is 1. The van der Waals surface area contributed by atoms with E-state index in [1.165, 1.54) is 18.2 Å². The zero-order valence-electron chi connectivity index (χ0n) is 13.7. The first kappa shape index (κ1) is 25.5. The Kier molecular flexibility index (Phi) is 16.2. The topological polar surface area (TPSA) is 89.5 Å². The van der Waals surface area contributed by atoms with Gasteiger partial charge in [0.25, 0.3) is 5.91 Å². The first-order valence-electron chi connectivity index (χ1n) is 6.97. The molecule has 1 aromatic carbocycles. The van der Waals surface area contributed by atoms with Gasteiger partial charge in [-0.1, -0.05) is 30.9 Å². The molecule has 0 heterocycles. The molecule has 5 nitrogen and oxygen atoms in total. The van der Waals surface area contributed by atoms with Crippen LogP contribution < -0.4 is 69.5 Å². The van der Waals surface area contributed by atoms with Gasteiger partial charge in [0.15, 0.2) is 0 Å². The Morgan fingerprint density at radius 3 is 2.35 bits per heavy atom. The summed E-state index contributed by atoms with van der Waals surface area (Å²) < 4.78 is 0. The maximum Gasteiger partial charge on any atom is 1.00 e. The average Bonchev–Trinajstić information content (AvgIpc) is 2.43. The van der Waals surface area contributed by atoms with Gasteiger partial charge in [0, 0.05) is 17.5 Å². The smallest absolute Gasteiger partial charge is 0.550 e. The number of halogens is 1. The molecule has 1 rings (SSSR count). The number of unbranched alkanes of at least 4 members (excludes halogenated alkanes) is 4. The summed E-state index contributed by atoms with van der Waals surface area (Å²) in [5.41, 5.74) is 0.163. The van der Waals surface area contributed by atoms with Crippen LogP contribution in [0.1, 0.15) is 48.9 Å². The van der Waals surface area contributed by atoms with Crippen LogP contribution >= 0.6 is 11.6 Å². The number of phenols is 1. The number of carboxylic acids is 1. The van der Waals surface area contributed by atoms with E-state index < -0.39 is 5.97 Å². The Labute approximate surface area is 185 Å². The van der Waals surface area contributed by atoms with Crippen LogP contribution in [0.2, 0.25) is 5.02 Å². The van der Waals surface area contributed by atoms with E-state index in [2.05, 4.69) is 5.32 Å². The molecule has 116 valence electrons. The fourth-order valence-corrected chi connectivity index (χ4v) is 2.08. The Hall–Kier alpha value is 0.250. The Morgan fingerprint density at radius 2 is 1.70 bits per heavy atom. The van der Waals surface area contributed by atoms with E-state index in [1.54, 1.807) is 0 Å². The number of phenolic OH excluding ortho intramolecular Hbond substituents is 1. The molecule has 0 aliphatic carbocycles. The predicted octanol–water partition coefficient (Wildman–Crippen LogP) is -4.13. The van der Waals surface area contributed by atoms with E-state index in [9.17, 15) is 19.8 Å². The molecule has 1 aromatic rings. The third-order valence-electron chi connectivity index (χ3n) is 3.05. The minimum atomic E-state index is -1.01. The van der Waals surface area contributed by atoms with Gasteiger partial charge in [-0.3, -0.25) is 4.79 Å². The van der Waals surface area contributed by atoms with Crippen molar-refractivity contribution in [1.29, 1.82) is 0 Å². The second-order valence-electron chi connectivity index (χ2n) is 4.81. The van der Waals surface area contributed by atoms with Gasteiger partial charge in [0.1, 0.15) is 5.75 Å². The molecule has 0 radical (unpaired) electrons. The molecule has 0 aliphatic rings. The van der Waals surface area contributed by atoms with Gasteiger partial charge in [-0.15, -0.1) is 0 Å². The Bertz CT molecular complexity index is 500. The quantitative estimate of drug-likeness (QED) is 0.347. The molecule has 0 bridgehead atoms. The van der Waals surface area contributed by atoms with E-state index in [0.717, 1.165) is 25.7 Å². The van der Waals surface area contributed by atoms with Crippen molar-refractivity contribution < 1.29 is 78.9 Å². The van der Waals surface area contributed by atoms with Gasteiger partial charge in [0.2, 0.25) is 0 Å². The molecular weight excluding hydrogens is 340 g/mol. The van der Waals surface area contributed by atoms with Crippen molar-refractivity contribution in [3.05, 3.63) is 28.8 Å². The first-order valence-corrected chi connectivity index (χ1v) is 7.35. The summed E-state index contributed by atoms with van der Waals surface area (Å²) in [5, 5.41) is 22.9. The molecular formula is C15H19ClNNa2O4+. The SMILES string of the molecule is O=C([O-])CCCCCCCNC(=O)c1cc(Cl)ccc1O.[Na+].[Na+]. The number of hydrogen-bond acceptors (Lipinski definition) is 4. The largest absolute Gasteiger partial charge is 1.00 e. The van der Waals surface area contributed by atoms with Crippen molar-refractivity contribution in [2.24, 2.45) is 0 Å². The van der Waals surface area contributed by atoms with E-state index in [-0.39, 0.29) is 82.8 Å². The van der Waals surface area contributed by atoms with Crippen LogP contribution in [-0.2, 0) is 4.79 Å². The second-order valence-corrected chi connectivity index (χ2v) is 5.24. The number of aliphatic carboxylic acids is 1. The zero-order valence-corrected chi connectivity index (χ0v) is 18.5. The van der Waals surface area contributed by atoms with Gasteiger partial charge < -0.3 is 20.3 Å². The molecule has 0 saturated carbocycles. The first-order chi connectivity index (χ1) is 10.0. The molecule has 0 spiro atoms. The summed E-state index contributed by atoms with van der Waals surface area (Å²) in [6.07, 6.45) is 4.21. The molecule has 8 heteroatoms. The number of amides is 1. The van der Waals surface area contributed by atoms with Crippen molar-refractivity contribution in [3.63, 3.8) is 0 Å². The summed E-state index contributed by atoms with van der Waals surface area (Å²) in [7, 11) is 0. The van der Waals surface area contributed by atoms with Crippen molar-refractivity contribution in [1.82, 2.24) is 5.32 Å². The number of hydrogen-bond donors (Lipinski definition) is 2. The molecule has 0 atom stereocenters. The Morgan fingerprint density at radius 1 is 1.09 bits per heavy atom. The van der Waals surface area contributed by atoms with Gasteiger partial charge in [-0.25, -0.2) is 0 Å². The molecule has 0 aromatic heterocycles. The number of carbonyl (C=O) groups is 2. The van der Waals surface area contributed by atoms with Crippen molar-refractivity contribution in [2.75, 3.05) is 6.54 Å². The third kappa shape index (κ3) is 11.4. The number of benzene rings is 1. The van der Waals surface area contributed by atoms with E-state index in [1.807, 2.05) is 0 Å². The summed E-state index contributed by atoms with van der Waals surface area (Å²) in [6, 6.07) is 4.32. The standard InChI is InChI=1S/C15H20ClNO4.2Na/c16-11-7-8-13(18)12(10-11)15(21)17-9-5-3-1-2-4-6-14(19)20;;/h7-8,10,18H,1-6,9H2,(H,17,21)(H,19,20);;/q;2*+1/p-1. The summed E-state index contributed by atoms with van der Waals surface area (Å²) in [4.78, 5) is 22.0. The predicted molar refractivity (Wildman–Crippen MR) is 78.2 cm³/mol. The van der Waals surface area contributed by atoms with Crippen LogP contribution in [0.5, 0.6) is 5.75 Å². The molecule has 0 fully saturated rings. The third-order valence-corrected chi connectivity index (χ3v) is 3.28. The van der Waals surface area contributed by atoms with E-state index in [4.69, 9.17) is 11.6 Å². The number of aromatic hydroxyl groups is 1. The van der Waals surface area contributed by atoms with Crippen molar-refractivity contribution >= 4 is 23.5 Å². The second kappa shape index (κ2) is 14.6. The Balaban J connectivity index is 0. The van der Waals surface area contributed by atoms with Crippen LogP contribution in [0.25, 0.3) is 0 Å². The molecule has 1 amide bonds. The summed E-state index contributed by atoms with van der Waals surface area (Å²) >= 11 is 5.78. The maximum absolute atomic E-state index is 11.8. The summed E-state index contributed by atoms with van der Waals surface area (Å²) in [5.74, 6) is -1.46. The van der Waals surface area contributed by atoms with Crippen LogP contribution in [0.3, 0.4) is 0 Å². The van der Waals surface area contributed by atoms with Gasteiger partial charge in [0.05, 0.1) is 5.56 Å². The zero-order chi connectivity index (χ0) is 15.7. The molecule has 0 saturated heterocycles. The molecule has 0 unspecified atom stereocenters. The van der Waals surface area contributed by atoms with Crippen molar-refractivity contribution in [2.45, 2.75) is 38.5 Å². The van der Waals surface area contributed by atoms with Crippen LogP contribution in [0, 0.1) is 0 Å². The molecule has 23 heavy (non-hydrogen) atoms. The monoisotopic (exact) mass is 358 g/mol. The van der Waals surface area contributed by atoms with Crippen LogP contribution in [0.4, 0.5) is 0 Å². The minimum Gasteiger partial charge on any atom is -0.550 e. The van der Waals surface area contributed by atoms with E-state index >= 15 is 0 Å². The van der Waals surface area contributed by atoms with Crippen molar-refractivity contribution in [3.8, 4) is 5.75 Å². The van der Waals surface area contributed by atoms with Gasteiger partial charge >= 0.3 is 59.1 Å². The van der Waals surface area contributed by atoms with Crippen LogP contribution in [-0.4, -0.2) is 23.5 Å². The maximum atomic E-state index is 11.8. The number of rotatable bonds is 9. The average molecular weight is 359 g/mol. The fourth-order valence-electron chi connectivity index (χ4n) is 1.91. The summed E-state index contributed by atoms with van der Waals surface area (Å²) in [6.45, 7) is 0.505. The fraction of sp³-hybridized carbons (Fsp3) is 0.467. The van der Waals surface area contributed by atoms with Gasteiger partial charge in [-0.2, -0.15) is 0 Å². The minimum absolute atomic E-state index is 0. The van der Waals surface area contributed by atoms with Crippen LogP contribution in [0.15, 0.2) is 18.2 Å². The molecule has 2 N–H and O–H groups in total. The van der Waals surface area contributed by atoms with E-state index in [0.29, 0.717) is 18.0 Å². The van der Waals surface area contributed by atoms with Gasteiger partial charge in [-0.05, 0) is 37.5 Å². The number of carboxylic acid groups (broad SMARTS) is 1. The molecule has 0 aliphatic heterocycles.